The van der Waals surface area contributed by atoms with Gasteiger partial charge in [-0.25, -0.2) is 0 Å². The van der Waals surface area contributed by atoms with Crippen LogP contribution in [0, 0.1) is 0 Å². The lowest BCUT2D eigenvalue weighted by atomic mass is 9.96. The number of nitrogens with zero attached hydrogens (tertiary/aromatic N) is 1. The van der Waals surface area contributed by atoms with Gasteiger partial charge in [-0.05, 0) is 33.8 Å². The van der Waals surface area contributed by atoms with Crippen LogP contribution in [0.3, 0.4) is 0 Å². The molecule has 144 valence electrons. The van der Waals surface area contributed by atoms with Crippen LogP contribution >= 0.6 is 0 Å². The average molecular weight is 372 g/mol. The Morgan fingerprint density at radius 1 is 0.852 bits per heavy atom. The molecule has 3 saturated heterocycles. The molecule has 5 rings (SSSR count). The van der Waals surface area contributed by atoms with Crippen LogP contribution in [0.25, 0.3) is 11.3 Å². The number of hydrogen-bond acceptors (Lipinski definition) is 6. The first-order valence-corrected chi connectivity index (χ1v) is 9.29. The quantitative estimate of drug-likeness (QED) is 0.873. The fraction of sp³-hybridized carbons (Fsp3) is 0.550. The van der Waals surface area contributed by atoms with Crippen molar-refractivity contribution in [1.29, 1.82) is 0 Å². The Balaban J connectivity index is 1.48. The van der Waals surface area contributed by atoms with Gasteiger partial charge in [-0.1, -0.05) is 30.3 Å². The molecule has 0 saturated carbocycles. The number of ether oxygens (including phenoxy) is 5. The zero-order valence-electron chi connectivity index (χ0n) is 15.8. The third kappa shape index (κ3) is 2.99. The van der Waals surface area contributed by atoms with E-state index in [9.17, 15) is 0 Å². The summed E-state index contributed by atoms with van der Waals surface area (Å²) >= 11 is 0. The van der Waals surface area contributed by atoms with Crippen molar-refractivity contribution in [2.75, 3.05) is 0 Å². The second-order valence-electron chi connectivity index (χ2n) is 8.16. The molecule has 0 unspecified atom stereocenters. The van der Waals surface area contributed by atoms with Crippen LogP contribution in [0.5, 0.6) is 0 Å². The number of rotatable bonds is 2. The maximum Gasteiger partial charge on any atom is 0.190 e. The Hall–Kier alpha value is -1.77. The third-order valence-electron chi connectivity index (χ3n) is 5.13. The zero-order chi connectivity index (χ0) is 18.8. The fourth-order valence-electron chi connectivity index (χ4n) is 4.10. The minimum absolute atomic E-state index is 0.283. The summed E-state index contributed by atoms with van der Waals surface area (Å²) in [6, 6.07) is 12.0. The van der Waals surface area contributed by atoms with Gasteiger partial charge in [0.25, 0.3) is 0 Å². The van der Waals surface area contributed by atoms with Crippen molar-refractivity contribution in [3.63, 3.8) is 0 Å². The summed E-state index contributed by atoms with van der Waals surface area (Å²) in [5, 5.41) is 7.56. The zero-order valence-corrected chi connectivity index (χ0v) is 15.8. The van der Waals surface area contributed by atoms with Gasteiger partial charge in [0.2, 0.25) is 0 Å². The van der Waals surface area contributed by atoms with Crippen LogP contribution in [-0.2, 0) is 23.7 Å². The van der Waals surface area contributed by atoms with E-state index < -0.39 is 17.9 Å². The highest BCUT2D eigenvalue weighted by molar-refractivity contribution is 5.59. The van der Waals surface area contributed by atoms with Crippen LogP contribution in [0.4, 0.5) is 0 Å². The van der Waals surface area contributed by atoms with Crippen LogP contribution < -0.4 is 0 Å². The number of benzene rings is 1. The molecular formula is C20H24N2O5. The minimum atomic E-state index is -0.728. The van der Waals surface area contributed by atoms with Crippen molar-refractivity contribution in [2.45, 2.75) is 70.0 Å². The van der Waals surface area contributed by atoms with Crippen molar-refractivity contribution in [2.24, 2.45) is 0 Å². The lowest BCUT2D eigenvalue weighted by molar-refractivity contribution is -0.237. The van der Waals surface area contributed by atoms with E-state index in [0.717, 1.165) is 17.0 Å². The maximum atomic E-state index is 6.27. The highest BCUT2D eigenvalue weighted by Crippen LogP contribution is 2.48. The molecule has 1 aromatic carbocycles. The first kappa shape index (κ1) is 17.3. The standard InChI is InChI=1S/C20H24N2O5/c1-19(2)24-15-14(13-10-12(21-22-13)11-8-6-5-7-9-11)23-18-17(16(15)25-19)26-20(3,4)27-18/h5-10,14-18H,1-4H3,(H,21,22)/t14-,15+,16+,17-,18-/m1/s1. The monoisotopic (exact) mass is 372 g/mol. The van der Waals surface area contributed by atoms with Gasteiger partial charge in [0.1, 0.15) is 24.4 Å². The van der Waals surface area contributed by atoms with Gasteiger partial charge in [-0.3, -0.25) is 5.10 Å². The van der Waals surface area contributed by atoms with Gasteiger partial charge in [0.05, 0.1) is 11.4 Å². The molecule has 3 aliphatic rings. The maximum absolute atomic E-state index is 6.27. The molecule has 0 aliphatic carbocycles. The molecular weight excluding hydrogens is 348 g/mol. The SMILES string of the molecule is CC1(C)O[C@H]2[C@@H](O1)[C@@H](c1cc(-c3ccccc3)n[nH]1)O[C@@H]1OC(C)(C)O[C@@H]12. The molecule has 7 heteroatoms. The van der Waals surface area contributed by atoms with Crippen molar-refractivity contribution in [3.8, 4) is 11.3 Å². The van der Waals surface area contributed by atoms with E-state index in [-0.39, 0.29) is 24.4 Å². The summed E-state index contributed by atoms with van der Waals surface area (Å²) in [5.74, 6) is -1.45. The van der Waals surface area contributed by atoms with E-state index in [1.807, 2.05) is 64.1 Å². The summed E-state index contributed by atoms with van der Waals surface area (Å²) in [4.78, 5) is 0. The normalized spacial score (nSPS) is 36.4. The molecule has 5 atom stereocenters. The lowest BCUT2D eigenvalue weighted by Crippen LogP contribution is -2.51. The van der Waals surface area contributed by atoms with E-state index in [0.29, 0.717) is 0 Å². The van der Waals surface area contributed by atoms with Crippen molar-refractivity contribution in [3.05, 3.63) is 42.1 Å². The molecule has 0 spiro atoms. The average Bonchev–Trinajstić information content (AvgIpc) is 3.28. The van der Waals surface area contributed by atoms with Gasteiger partial charge >= 0.3 is 0 Å². The predicted octanol–water partition coefficient (Wildman–Crippen LogP) is 3.15. The van der Waals surface area contributed by atoms with E-state index in [2.05, 4.69) is 10.2 Å². The second-order valence-corrected chi connectivity index (χ2v) is 8.16. The van der Waals surface area contributed by atoms with Crippen LogP contribution in [0.15, 0.2) is 36.4 Å². The van der Waals surface area contributed by atoms with Crippen molar-refractivity contribution in [1.82, 2.24) is 10.2 Å². The largest absolute Gasteiger partial charge is 0.342 e. The number of aromatic nitrogens is 2. The second kappa shape index (κ2) is 5.86. The summed E-state index contributed by atoms with van der Waals surface area (Å²) in [6.45, 7) is 7.56. The Kier molecular flexibility index (Phi) is 3.76. The highest BCUT2D eigenvalue weighted by atomic mass is 16.9. The molecule has 1 aromatic heterocycles. The molecule has 0 radical (unpaired) electrons. The first-order chi connectivity index (χ1) is 12.8. The van der Waals surface area contributed by atoms with Crippen molar-refractivity contribution >= 4 is 0 Å². The molecule has 3 aliphatic heterocycles. The topological polar surface area (TPSA) is 74.8 Å². The minimum Gasteiger partial charge on any atom is -0.342 e. The summed E-state index contributed by atoms with van der Waals surface area (Å²) in [6.07, 6.45) is -1.84. The number of aromatic amines is 1. The van der Waals surface area contributed by atoms with Crippen molar-refractivity contribution < 1.29 is 23.7 Å². The summed E-state index contributed by atoms with van der Waals surface area (Å²) < 4.78 is 30.6. The molecule has 0 amide bonds. The smallest absolute Gasteiger partial charge is 0.190 e. The van der Waals surface area contributed by atoms with Gasteiger partial charge in [-0.2, -0.15) is 5.10 Å². The Bertz CT molecular complexity index is 834. The molecule has 3 fully saturated rings. The molecule has 27 heavy (non-hydrogen) atoms. The molecule has 4 heterocycles. The Morgan fingerprint density at radius 2 is 1.52 bits per heavy atom. The number of H-pyrrole nitrogens is 1. The predicted molar refractivity (Wildman–Crippen MR) is 95.5 cm³/mol. The van der Waals surface area contributed by atoms with E-state index in [4.69, 9.17) is 23.7 Å². The Labute approximate surface area is 157 Å². The van der Waals surface area contributed by atoms with E-state index in [1.165, 1.54) is 0 Å². The lowest BCUT2D eigenvalue weighted by Gasteiger charge is -2.36. The summed E-state index contributed by atoms with van der Waals surface area (Å²) in [7, 11) is 0. The van der Waals surface area contributed by atoms with Gasteiger partial charge < -0.3 is 23.7 Å². The van der Waals surface area contributed by atoms with Gasteiger partial charge in [0.15, 0.2) is 17.9 Å². The number of hydrogen-bond donors (Lipinski definition) is 1. The van der Waals surface area contributed by atoms with Gasteiger partial charge in [-0.15, -0.1) is 0 Å². The van der Waals surface area contributed by atoms with Gasteiger partial charge in [0, 0.05) is 5.56 Å². The highest BCUT2D eigenvalue weighted by Gasteiger charge is 2.61. The number of nitrogens with one attached hydrogen (secondary N) is 1. The van der Waals surface area contributed by atoms with E-state index >= 15 is 0 Å². The first-order valence-electron chi connectivity index (χ1n) is 9.29. The van der Waals surface area contributed by atoms with Crippen LogP contribution in [0.2, 0.25) is 0 Å². The van der Waals surface area contributed by atoms with Crippen LogP contribution in [0.1, 0.15) is 39.5 Å². The number of fused-ring (bicyclic) bond motifs is 3. The van der Waals surface area contributed by atoms with E-state index in [1.54, 1.807) is 0 Å². The fourth-order valence-corrected chi connectivity index (χ4v) is 4.10. The third-order valence-corrected chi connectivity index (χ3v) is 5.13. The Morgan fingerprint density at radius 3 is 2.30 bits per heavy atom. The molecule has 1 N–H and O–H groups in total. The molecule has 0 bridgehead atoms. The molecule has 2 aromatic rings. The van der Waals surface area contributed by atoms with Crippen LogP contribution in [-0.4, -0.2) is 46.4 Å². The summed E-state index contributed by atoms with van der Waals surface area (Å²) in [5.41, 5.74) is 2.72. The molecule has 7 nitrogen and oxygen atoms in total.